The lowest BCUT2D eigenvalue weighted by atomic mass is 10.2. The Hall–Kier alpha value is -3.22. The smallest absolute Gasteiger partial charge is 0.262 e. The van der Waals surface area contributed by atoms with Crippen LogP contribution in [0, 0.1) is 0 Å². The van der Waals surface area contributed by atoms with E-state index < -0.39 is 0 Å². The van der Waals surface area contributed by atoms with Gasteiger partial charge in [-0.1, -0.05) is 25.1 Å². The molecule has 0 saturated carbocycles. The number of nitrogens with zero attached hydrogens (tertiary/aromatic N) is 3. The predicted octanol–water partition coefficient (Wildman–Crippen LogP) is 3.27. The van der Waals surface area contributed by atoms with E-state index in [-0.39, 0.29) is 18.4 Å². The molecule has 3 rings (SSSR count). The van der Waals surface area contributed by atoms with E-state index in [9.17, 15) is 4.79 Å². The van der Waals surface area contributed by atoms with Crippen molar-refractivity contribution in [2.45, 2.75) is 19.8 Å². The summed E-state index contributed by atoms with van der Waals surface area (Å²) in [5.74, 6) is 1.56. The number of aromatic nitrogens is 3. The summed E-state index contributed by atoms with van der Waals surface area (Å²) >= 11 is 0. The zero-order chi connectivity index (χ0) is 17.6. The second-order valence-electron chi connectivity index (χ2n) is 5.71. The maximum atomic E-state index is 11.9. The number of rotatable bonds is 6. The number of amides is 1. The largest absolute Gasteiger partial charge is 0.484 e. The third kappa shape index (κ3) is 4.41. The van der Waals surface area contributed by atoms with Crippen molar-refractivity contribution < 1.29 is 14.1 Å². The molecule has 0 aliphatic heterocycles. The second-order valence-corrected chi connectivity index (χ2v) is 5.71. The average Bonchev–Trinajstić information content (AvgIpc) is 3.12. The van der Waals surface area contributed by atoms with Gasteiger partial charge in [0.15, 0.2) is 12.4 Å². The molecule has 0 unspecified atom stereocenters. The third-order valence-electron chi connectivity index (χ3n) is 3.37. The van der Waals surface area contributed by atoms with Gasteiger partial charge in [0, 0.05) is 29.6 Å². The molecule has 0 aliphatic carbocycles. The molecule has 128 valence electrons. The SMILES string of the molecule is CC(C)c1noc(-c2cccc(OCC(=O)Nc3ccncc3)c2)n1. The first-order valence-electron chi connectivity index (χ1n) is 7.88. The number of hydrogen-bond donors (Lipinski definition) is 1. The van der Waals surface area contributed by atoms with E-state index in [4.69, 9.17) is 9.26 Å². The zero-order valence-corrected chi connectivity index (χ0v) is 14.0. The predicted molar refractivity (Wildman–Crippen MR) is 92.2 cm³/mol. The Kier molecular flexibility index (Phi) is 5.03. The summed E-state index contributed by atoms with van der Waals surface area (Å²) < 4.78 is 10.8. The van der Waals surface area contributed by atoms with Crippen LogP contribution in [0.2, 0.25) is 0 Å². The summed E-state index contributed by atoms with van der Waals surface area (Å²) in [7, 11) is 0. The highest BCUT2D eigenvalue weighted by atomic mass is 16.5. The van der Waals surface area contributed by atoms with Crippen LogP contribution >= 0.6 is 0 Å². The van der Waals surface area contributed by atoms with Gasteiger partial charge in [-0.25, -0.2) is 0 Å². The summed E-state index contributed by atoms with van der Waals surface area (Å²) in [6.07, 6.45) is 3.21. The number of hydrogen-bond acceptors (Lipinski definition) is 6. The van der Waals surface area contributed by atoms with E-state index >= 15 is 0 Å². The van der Waals surface area contributed by atoms with Crippen molar-refractivity contribution in [3.63, 3.8) is 0 Å². The topological polar surface area (TPSA) is 90.1 Å². The number of ether oxygens (including phenoxy) is 1. The molecule has 25 heavy (non-hydrogen) atoms. The lowest BCUT2D eigenvalue weighted by Gasteiger charge is -2.07. The summed E-state index contributed by atoms with van der Waals surface area (Å²) in [6, 6.07) is 10.6. The minimum absolute atomic E-state index is 0.104. The maximum absolute atomic E-state index is 11.9. The minimum atomic E-state index is -0.253. The second kappa shape index (κ2) is 7.57. The lowest BCUT2D eigenvalue weighted by Crippen LogP contribution is -2.20. The van der Waals surface area contributed by atoms with Gasteiger partial charge >= 0.3 is 0 Å². The van der Waals surface area contributed by atoms with Crippen molar-refractivity contribution in [3.8, 4) is 17.2 Å². The minimum Gasteiger partial charge on any atom is -0.484 e. The molecule has 0 spiro atoms. The maximum Gasteiger partial charge on any atom is 0.262 e. The molecule has 0 aliphatic rings. The Morgan fingerprint density at radius 2 is 2.04 bits per heavy atom. The van der Waals surface area contributed by atoms with E-state index in [1.54, 1.807) is 36.7 Å². The highest BCUT2D eigenvalue weighted by Crippen LogP contribution is 2.24. The van der Waals surface area contributed by atoms with Crippen LogP contribution in [0.3, 0.4) is 0 Å². The molecule has 0 bridgehead atoms. The van der Waals surface area contributed by atoms with Crippen LogP contribution in [0.5, 0.6) is 5.75 Å². The molecule has 3 aromatic rings. The van der Waals surface area contributed by atoms with Crippen LogP contribution < -0.4 is 10.1 Å². The number of carbonyl (C=O) groups excluding carboxylic acids is 1. The Bertz CT molecular complexity index is 846. The van der Waals surface area contributed by atoms with Gasteiger partial charge in [-0.2, -0.15) is 4.98 Å². The van der Waals surface area contributed by atoms with Gasteiger partial charge in [0.25, 0.3) is 11.8 Å². The molecule has 0 saturated heterocycles. The first-order valence-corrected chi connectivity index (χ1v) is 7.88. The first-order chi connectivity index (χ1) is 12.1. The van der Waals surface area contributed by atoms with Crippen molar-refractivity contribution >= 4 is 11.6 Å². The average molecular weight is 338 g/mol. The van der Waals surface area contributed by atoms with Gasteiger partial charge < -0.3 is 14.6 Å². The highest BCUT2D eigenvalue weighted by molar-refractivity contribution is 5.91. The summed E-state index contributed by atoms with van der Waals surface area (Å²) in [4.78, 5) is 20.2. The normalized spacial score (nSPS) is 10.7. The molecule has 2 aromatic heterocycles. The lowest BCUT2D eigenvalue weighted by molar-refractivity contribution is -0.118. The van der Waals surface area contributed by atoms with Gasteiger partial charge in [-0.05, 0) is 30.3 Å². The fourth-order valence-electron chi connectivity index (χ4n) is 2.09. The van der Waals surface area contributed by atoms with Gasteiger partial charge in [-0.15, -0.1) is 0 Å². The Morgan fingerprint density at radius 1 is 1.24 bits per heavy atom. The Balaban J connectivity index is 1.62. The van der Waals surface area contributed by atoms with Gasteiger partial charge in [0.1, 0.15) is 5.75 Å². The molecule has 7 heteroatoms. The fraction of sp³-hybridized carbons (Fsp3) is 0.222. The molecule has 0 atom stereocenters. The van der Waals surface area contributed by atoms with E-state index in [1.807, 2.05) is 26.0 Å². The quantitative estimate of drug-likeness (QED) is 0.742. The van der Waals surface area contributed by atoms with E-state index in [1.165, 1.54) is 0 Å². The first kappa shape index (κ1) is 16.6. The number of pyridine rings is 1. The van der Waals surface area contributed by atoms with Crippen molar-refractivity contribution in [1.82, 2.24) is 15.1 Å². The molecule has 1 N–H and O–H groups in total. The van der Waals surface area contributed by atoms with Crippen molar-refractivity contribution in [1.29, 1.82) is 0 Å². The monoisotopic (exact) mass is 338 g/mol. The van der Waals surface area contributed by atoms with E-state index in [0.717, 1.165) is 5.56 Å². The van der Waals surface area contributed by atoms with E-state index in [0.29, 0.717) is 23.2 Å². The van der Waals surface area contributed by atoms with Gasteiger partial charge in [0.2, 0.25) is 0 Å². The number of benzene rings is 1. The molecular weight excluding hydrogens is 320 g/mol. The molecular formula is C18H18N4O3. The molecule has 0 radical (unpaired) electrons. The molecule has 2 heterocycles. The molecule has 7 nitrogen and oxygen atoms in total. The van der Waals surface area contributed by atoms with Crippen molar-refractivity contribution in [3.05, 3.63) is 54.6 Å². The summed E-state index contributed by atoms with van der Waals surface area (Å²) in [6.45, 7) is 3.89. The number of nitrogens with one attached hydrogen (secondary N) is 1. The van der Waals surface area contributed by atoms with Crippen LogP contribution in [0.25, 0.3) is 11.5 Å². The van der Waals surface area contributed by atoms with Crippen LogP contribution in [-0.2, 0) is 4.79 Å². The van der Waals surface area contributed by atoms with Crippen molar-refractivity contribution in [2.24, 2.45) is 0 Å². The number of anilines is 1. The van der Waals surface area contributed by atoms with Crippen LogP contribution in [-0.4, -0.2) is 27.6 Å². The number of carbonyl (C=O) groups is 1. The standard InChI is InChI=1S/C18H18N4O3/c1-12(2)17-21-18(25-22-17)13-4-3-5-15(10-13)24-11-16(23)20-14-6-8-19-9-7-14/h3-10,12H,11H2,1-2H3,(H,19,20,23). The molecule has 0 fully saturated rings. The Morgan fingerprint density at radius 3 is 2.76 bits per heavy atom. The highest BCUT2D eigenvalue weighted by Gasteiger charge is 2.12. The van der Waals surface area contributed by atoms with Crippen molar-refractivity contribution in [2.75, 3.05) is 11.9 Å². The fourth-order valence-corrected chi connectivity index (χ4v) is 2.09. The summed E-state index contributed by atoms with van der Waals surface area (Å²) in [5.41, 5.74) is 1.41. The third-order valence-corrected chi connectivity index (χ3v) is 3.37. The van der Waals surface area contributed by atoms with Crippen LogP contribution in [0.4, 0.5) is 5.69 Å². The van der Waals surface area contributed by atoms with Crippen LogP contribution in [0.1, 0.15) is 25.6 Å². The van der Waals surface area contributed by atoms with Gasteiger partial charge in [-0.3, -0.25) is 9.78 Å². The molecule has 1 aromatic carbocycles. The molecule has 1 amide bonds. The zero-order valence-electron chi connectivity index (χ0n) is 14.0. The summed E-state index contributed by atoms with van der Waals surface area (Å²) in [5, 5.41) is 6.68. The van der Waals surface area contributed by atoms with Crippen LogP contribution in [0.15, 0.2) is 53.3 Å². The van der Waals surface area contributed by atoms with Gasteiger partial charge in [0.05, 0.1) is 0 Å². The van der Waals surface area contributed by atoms with E-state index in [2.05, 4.69) is 20.4 Å². The Labute approximate surface area is 145 Å².